The van der Waals surface area contributed by atoms with Crippen molar-refractivity contribution in [3.8, 4) is 17.2 Å². The van der Waals surface area contributed by atoms with Crippen LogP contribution < -0.4 is 20.7 Å². The second-order valence-corrected chi connectivity index (χ2v) is 7.31. The van der Waals surface area contributed by atoms with Crippen molar-refractivity contribution in [3.05, 3.63) is 92.3 Å². The van der Waals surface area contributed by atoms with E-state index in [0.717, 1.165) is 16.8 Å². The molecule has 0 fully saturated rings. The number of hydrogen-bond acceptors (Lipinski definition) is 5. The molecule has 0 aliphatic carbocycles. The highest BCUT2D eigenvalue weighted by Gasteiger charge is 2.20. The van der Waals surface area contributed by atoms with Gasteiger partial charge in [-0.2, -0.15) is 0 Å². The number of ether oxygens (including phenoxy) is 2. The molecule has 0 spiro atoms. The van der Waals surface area contributed by atoms with Crippen LogP contribution in [0, 0.1) is 13.8 Å². The van der Waals surface area contributed by atoms with E-state index >= 15 is 0 Å². The van der Waals surface area contributed by atoms with Gasteiger partial charge in [0.15, 0.2) is 5.65 Å². The number of methoxy groups -OCH3 is 2. The molecule has 7 nitrogen and oxygen atoms in total. The number of para-hydroxylation sites is 2. The summed E-state index contributed by atoms with van der Waals surface area (Å²) in [6.45, 7) is 3.82. The third-order valence-corrected chi connectivity index (χ3v) is 5.24. The zero-order valence-corrected chi connectivity index (χ0v) is 17.9. The molecule has 0 saturated carbocycles. The van der Waals surface area contributed by atoms with Gasteiger partial charge in [0.2, 0.25) is 0 Å². The fraction of sp³-hybridized carbons (Fsp3) is 0.208. The Hall–Kier alpha value is -3.87. The minimum atomic E-state index is -0.477. The number of aromatic nitrogens is 3. The van der Waals surface area contributed by atoms with E-state index in [-0.39, 0.29) is 12.1 Å². The van der Waals surface area contributed by atoms with Crippen LogP contribution in [0.5, 0.6) is 11.5 Å². The topological polar surface area (TPSA) is 75.3 Å². The van der Waals surface area contributed by atoms with E-state index < -0.39 is 5.69 Å². The zero-order chi connectivity index (χ0) is 22.1. The molecule has 0 radical (unpaired) electrons. The molecule has 0 amide bonds. The molecule has 0 N–H and O–H groups in total. The first-order chi connectivity index (χ1) is 14.9. The fourth-order valence-corrected chi connectivity index (χ4v) is 3.76. The van der Waals surface area contributed by atoms with Crippen LogP contribution in [0.25, 0.3) is 16.7 Å². The van der Waals surface area contributed by atoms with Gasteiger partial charge in [-0.3, -0.25) is 9.36 Å². The van der Waals surface area contributed by atoms with E-state index in [1.54, 1.807) is 38.5 Å². The van der Waals surface area contributed by atoms with Crippen LogP contribution in [0.3, 0.4) is 0 Å². The Bertz CT molecular complexity index is 1390. The molecule has 0 unspecified atom stereocenters. The molecule has 0 bridgehead atoms. The van der Waals surface area contributed by atoms with Crippen molar-refractivity contribution in [1.29, 1.82) is 0 Å². The fourth-order valence-electron chi connectivity index (χ4n) is 3.76. The average molecular weight is 417 g/mol. The van der Waals surface area contributed by atoms with Crippen molar-refractivity contribution in [2.24, 2.45) is 0 Å². The molecule has 0 aliphatic heterocycles. The van der Waals surface area contributed by atoms with Crippen LogP contribution in [0.4, 0.5) is 0 Å². The molecule has 0 saturated heterocycles. The van der Waals surface area contributed by atoms with Gasteiger partial charge in [0, 0.05) is 5.69 Å². The molecular weight excluding hydrogens is 394 g/mol. The summed E-state index contributed by atoms with van der Waals surface area (Å²) in [5.74, 6) is 1.22. The predicted molar refractivity (Wildman–Crippen MR) is 120 cm³/mol. The van der Waals surface area contributed by atoms with Crippen molar-refractivity contribution < 1.29 is 9.47 Å². The number of nitrogens with zero attached hydrogens (tertiary/aromatic N) is 3. The first-order valence-corrected chi connectivity index (χ1v) is 9.84. The molecule has 4 rings (SSSR count). The SMILES string of the molecule is COc1ccc(Cn2c(=O)c3c(C)cc(C)nc3n(-c3ccccc3OC)c2=O)cc1. The Morgan fingerprint density at radius 2 is 1.65 bits per heavy atom. The van der Waals surface area contributed by atoms with E-state index in [1.165, 1.54) is 9.13 Å². The normalized spacial score (nSPS) is 11.0. The smallest absolute Gasteiger partial charge is 0.337 e. The number of pyridine rings is 1. The Balaban J connectivity index is 2.06. The highest BCUT2D eigenvalue weighted by molar-refractivity contribution is 5.80. The van der Waals surface area contributed by atoms with Gasteiger partial charge in [-0.1, -0.05) is 24.3 Å². The first kappa shape index (κ1) is 20.4. The van der Waals surface area contributed by atoms with Gasteiger partial charge in [-0.05, 0) is 55.3 Å². The molecule has 2 aromatic heterocycles. The van der Waals surface area contributed by atoms with E-state index in [0.29, 0.717) is 28.2 Å². The monoisotopic (exact) mass is 417 g/mol. The van der Waals surface area contributed by atoms with Crippen molar-refractivity contribution in [1.82, 2.24) is 14.1 Å². The maximum absolute atomic E-state index is 13.6. The Morgan fingerprint density at radius 1 is 0.935 bits per heavy atom. The molecule has 31 heavy (non-hydrogen) atoms. The lowest BCUT2D eigenvalue weighted by atomic mass is 10.1. The van der Waals surface area contributed by atoms with Crippen molar-refractivity contribution in [2.45, 2.75) is 20.4 Å². The van der Waals surface area contributed by atoms with Crippen molar-refractivity contribution >= 4 is 11.0 Å². The number of fused-ring (bicyclic) bond motifs is 1. The summed E-state index contributed by atoms with van der Waals surface area (Å²) in [5, 5.41) is 0.407. The standard InChI is InChI=1S/C24H23N3O4/c1-15-13-16(2)25-22-21(15)23(28)26(14-17-9-11-18(30-3)12-10-17)24(29)27(22)19-7-5-6-8-20(19)31-4/h5-13H,14H2,1-4H3. The second kappa shape index (κ2) is 8.10. The van der Waals surface area contributed by atoms with E-state index in [1.807, 2.05) is 44.2 Å². The molecule has 7 heteroatoms. The highest BCUT2D eigenvalue weighted by Crippen LogP contribution is 2.24. The molecule has 2 aromatic carbocycles. The third kappa shape index (κ3) is 3.59. The Labute approximate surface area is 179 Å². The van der Waals surface area contributed by atoms with Gasteiger partial charge < -0.3 is 9.47 Å². The zero-order valence-electron chi connectivity index (χ0n) is 17.9. The summed E-state index contributed by atoms with van der Waals surface area (Å²) in [5.41, 5.74) is 2.30. The van der Waals surface area contributed by atoms with Crippen LogP contribution >= 0.6 is 0 Å². The maximum atomic E-state index is 13.6. The van der Waals surface area contributed by atoms with Crippen molar-refractivity contribution in [2.75, 3.05) is 14.2 Å². The second-order valence-electron chi connectivity index (χ2n) is 7.31. The lowest BCUT2D eigenvalue weighted by molar-refractivity contribution is 0.412. The lowest BCUT2D eigenvalue weighted by Gasteiger charge is -2.17. The average Bonchev–Trinajstić information content (AvgIpc) is 2.77. The third-order valence-electron chi connectivity index (χ3n) is 5.24. The largest absolute Gasteiger partial charge is 0.497 e. The molecule has 0 atom stereocenters. The highest BCUT2D eigenvalue weighted by atomic mass is 16.5. The van der Waals surface area contributed by atoms with E-state index in [9.17, 15) is 9.59 Å². The number of aryl methyl sites for hydroxylation is 2. The molecule has 4 aromatic rings. The van der Waals surface area contributed by atoms with Crippen LogP contribution in [0.15, 0.2) is 64.2 Å². The van der Waals surface area contributed by atoms with Crippen LogP contribution in [0.1, 0.15) is 16.8 Å². The van der Waals surface area contributed by atoms with Gasteiger partial charge in [0.25, 0.3) is 5.56 Å². The van der Waals surface area contributed by atoms with Gasteiger partial charge in [0.05, 0.1) is 31.8 Å². The summed E-state index contributed by atoms with van der Waals surface area (Å²) >= 11 is 0. The predicted octanol–water partition coefficient (Wildman–Crippen LogP) is 3.23. The van der Waals surface area contributed by atoms with Gasteiger partial charge in [-0.15, -0.1) is 0 Å². The minimum Gasteiger partial charge on any atom is -0.497 e. The molecule has 0 aliphatic rings. The van der Waals surface area contributed by atoms with Crippen LogP contribution in [-0.2, 0) is 6.54 Å². The maximum Gasteiger partial charge on any atom is 0.337 e. The molecule has 2 heterocycles. The van der Waals surface area contributed by atoms with Crippen LogP contribution in [-0.4, -0.2) is 28.3 Å². The quantitative estimate of drug-likeness (QED) is 0.498. The lowest BCUT2D eigenvalue weighted by Crippen LogP contribution is -2.40. The summed E-state index contributed by atoms with van der Waals surface area (Å²) in [6, 6.07) is 16.3. The number of rotatable bonds is 5. The number of benzene rings is 2. The Kier molecular flexibility index (Phi) is 5.33. The first-order valence-electron chi connectivity index (χ1n) is 9.84. The molecule has 158 valence electrons. The summed E-state index contributed by atoms with van der Waals surface area (Å²) < 4.78 is 13.4. The summed E-state index contributed by atoms with van der Waals surface area (Å²) in [6.07, 6.45) is 0. The number of hydrogen-bond donors (Lipinski definition) is 0. The van der Waals surface area contributed by atoms with Crippen LogP contribution in [0.2, 0.25) is 0 Å². The van der Waals surface area contributed by atoms with E-state index in [2.05, 4.69) is 4.98 Å². The minimum absolute atomic E-state index is 0.125. The summed E-state index contributed by atoms with van der Waals surface area (Å²) in [4.78, 5) is 31.6. The van der Waals surface area contributed by atoms with Gasteiger partial charge in [0.1, 0.15) is 11.5 Å². The van der Waals surface area contributed by atoms with Crippen molar-refractivity contribution in [3.63, 3.8) is 0 Å². The summed E-state index contributed by atoms with van der Waals surface area (Å²) in [7, 11) is 3.13. The Morgan fingerprint density at radius 3 is 2.32 bits per heavy atom. The van der Waals surface area contributed by atoms with Gasteiger partial charge >= 0.3 is 5.69 Å². The van der Waals surface area contributed by atoms with Gasteiger partial charge in [-0.25, -0.2) is 14.3 Å². The van der Waals surface area contributed by atoms with E-state index in [4.69, 9.17) is 9.47 Å². The molecular formula is C24H23N3O4.